The van der Waals surface area contributed by atoms with Crippen molar-refractivity contribution >= 4 is 25.7 Å². The van der Waals surface area contributed by atoms with Crippen LogP contribution in [0.15, 0.2) is 35.9 Å². The molecule has 1 saturated heterocycles. The van der Waals surface area contributed by atoms with E-state index >= 15 is 0 Å². The molecule has 0 aromatic heterocycles. The van der Waals surface area contributed by atoms with Crippen LogP contribution in [0.3, 0.4) is 0 Å². The van der Waals surface area contributed by atoms with Gasteiger partial charge in [-0.15, -0.1) is 0 Å². The van der Waals surface area contributed by atoms with Gasteiger partial charge in [0.15, 0.2) is 8.32 Å². The van der Waals surface area contributed by atoms with Gasteiger partial charge in [0.1, 0.15) is 17.7 Å². The normalized spacial score (nSPS) is 25.6. The van der Waals surface area contributed by atoms with Gasteiger partial charge in [-0.25, -0.2) is 0 Å². The highest BCUT2D eigenvalue weighted by molar-refractivity contribution is 7.80. The minimum absolute atomic E-state index is 0.0434. The first kappa shape index (κ1) is 33.8. The van der Waals surface area contributed by atoms with Crippen LogP contribution in [0.2, 0.25) is 18.1 Å². The number of hydrogen-bond acceptors (Lipinski definition) is 6. The summed E-state index contributed by atoms with van der Waals surface area (Å²) in [5.41, 5.74) is 4.19. The van der Waals surface area contributed by atoms with E-state index in [2.05, 4.69) is 77.9 Å². The maximum atomic E-state index is 11.4. The lowest BCUT2D eigenvalue weighted by Gasteiger charge is -2.49. The number of phenols is 1. The van der Waals surface area contributed by atoms with Crippen LogP contribution in [-0.4, -0.2) is 42.2 Å². The van der Waals surface area contributed by atoms with Crippen molar-refractivity contribution in [2.24, 2.45) is 11.8 Å². The largest absolute Gasteiger partial charge is 0.507 e. The zero-order valence-electron chi connectivity index (χ0n) is 26.8. The number of phenolic OH excluding ortho intramolecular Hbond substituents is 1. The highest BCUT2D eigenvalue weighted by Gasteiger charge is 2.48. The molecule has 1 aromatic carbocycles. The number of aliphatic hydroxyl groups excluding tert-OH is 1. The van der Waals surface area contributed by atoms with Gasteiger partial charge < -0.3 is 24.7 Å². The average Bonchev–Trinajstić information content (AvgIpc) is 2.82. The molecule has 1 heterocycles. The molecule has 1 aromatic rings. The topological polar surface area (TPSA) is 83.0 Å². The fraction of sp³-hybridized carbons (Fsp3) is 0.667. The average molecular weight is 603 g/mol. The second-order valence-electron chi connectivity index (χ2n) is 13.8. The number of aliphatic hydroxyl groups is 1. The van der Waals surface area contributed by atoms with Gasteiger partial charge in [0, 0.05) is 11.5 Å². The molecule has 0 radical (unpaired) electrons. The van der Waals surface area contributed by atoms with Crippen LogP contribution in [0.5, 0.6) is 11.5 Å². The standard InChI is InChI=1S/C33H54N2O4SSi/c1-11-12-13-14-23-18-26(36)29(25-17-21(4)15-16-24(25)20(2)3)27(19-23)38-32(40)35-30-28(31(37)34-30)22(5)39-41(9,10)33(6,7)8/h17-19,22,24-25,28,30-31,34,36-37H,2,11-16H2,1,3-10H3,(H,35,40)/t22-,24+,25-,28-,30-,31?/m1/s1. The Kier molecular flexibility index (Phi) is 11.3. The minimum atomic E-state index is -2.02. The molecule has 1 unspecified atom stereocenters. The van der Waals surface area contributed by atoms with Crippen molar-refractivity contribution in [3.8, 4) is 11.5 Å². The van der Waals surface area contributed by atoms with E-state index in [9.17, 15) is 10.2 Å². The van der Waals surface area contributed by atoms with Gasteiger partial charge in [0.05, 0.1) is 18.2 Å². The lowest BCUT2D eigenvalue weighted by Crippen LogP contribution is -2.72. The third-order valence-corrected chi connectivity index (χ3v) is 14.1. The number of ether oxygens (including phenoxy) is 1. The molecule has 0 amide bonds. The second kappa shape index (κ2) is 13.7. The van der Waals surface area contributed by atoms with Crippen molar-refractivity contribution in [3.05, 3.63) is 47.1 Å². The molecular formula is C33H54N2O4SSi. The van der Waals surface area contributed by atoms with Crippen molar-refractivity contribution in [2.45, 2.75) is 130 Å². The van der Waals surface area contributed by atoms with Gasteiger partial charge in [0.25, 0.3) is 5.17 Å². The fourth-order valence-corrected chi connectivity index (χ4v) is 7.49. The van der Waals surface area contributed by atoms with Gasteiger partial charge in [-0.2, -0.15) is 0 Å². The fourth-order valence-electron chi connectivity index (χ4n) is 5.83. The Hall–Kier alpha value is -1.71. The summed E-state index contributed by atoms with van der Waals surface area (Å²) in [7, 11) is -2.02. The summed E-state index contributed by atoms with van der Waals surface area (Å²) >= 11 is 5.72. The van der Waals surface area contributed by atoms with Crippen molar-refractivity contribution in [1.82, 2.24) is 10.6 Å². The number of nitrogens with one attached hydrogen (secondary N) is 2. The molecular weight excluding hydrogens is 549 g/mol. The van der Waals surface area contributed by atoms with Crippen molar-refractivity contribution in [3.63, 3.8) is 0 Å². The van der Waals surface area contributed by atoms with E-state index in [1.165, 1.54) is 5.57 Å². The summed E-state index contributed by atoms with van der Waals surface area (Å²) in [5, 5.41) is 28.6. The van der Waals surface area contributed by atoms with Gasteiger partial charge in [-0.1, -0.05) is 64.3 Å². The zero-order valence-corrected chi connectivity index (χ0v) is 28.6. The predicted octanol–water partition coefficient (Wildman–Crippen LogP) is 7.67. The van der Waals surface area contributed by atoms with E-state index in [4.69, 9.17) is 21.4 Å². The Morgan fingerprint density at radius 3 is 2.54 bits per heavy atom. The summed E-state index contributed by atoms with van der Waals surface area (Å²) in [4.78, 5) is 0. The minimum Gasteiger partial charge on any atom is -0.507 e. The maximum absolute atomic E-state index is 11.4. The van der Waals surface area contributed by atoms with Crippen LogP contribution in [0.4, 0.5) is 0 Å². The molecule has 0 bridgehead atoms. The summed E-state index contributed by atoms with van der Waals surface area (Å²) in [5.74, 6) is 0.804. The number of hydrogen-bond donors (Lipinski definition) is 4. The second-order valence-corrected chi connectivity index (χ2v) is 18.9. The third-order valence-electron chi connectivity index (χ3n) is 9.37. The van der Waals surface area contributed by atoms with E-state index in [0.29, 0.717) is 5.75 Å². The van der Waals surface area contributed by atoms with E-state index in [-0.39, 0.29) is 46.0 Å². The highest BCUT2D eigenvalue weighted by Crippen LogP contribution is 2.47. The third kappa shape index (κ3) is 8.23. The number of aromatic hydroxyl groups is 1. The molecule has 3 rings (SSSR count). The molecule has 1 aliphatic carbocycles. The number of benzene rings is 1. The molecule has 0 saturated carbocycles. The molecule has 6 atom stereocenters. The van der Waals surface area contributed by atoms with E-state index in [1.54, 1.807) is 0 Å². The Morgan fingerprint density at radius 1 is 1.27 bits per heavy atom. The van der Waals surface area contributed by atoms with Crippen LogP contribution in [0.1, 0.15) is 97.6 Å². The Balaban J connectivity index is 1.85. The number of rotatable bonds is 11. The van der Waals surface area contributed by atoms with Crippen LogP contribution in [-0.2, 0) is 10.8 Å². The Labute approximate surface area is 255 Å². The molecule has 41 heavy (non-hydrogen) atoms. The first-order valence-electron chi connectivity index (χ1n) is 15.3. The van der Waals surface area contributed by atoms with Crippen LogP contribution < -0.4 is 15.4 Å². The Bertz CT molecular complexity index is 1130. The maximum Gasteiger partial charge on any atom is 0.263 e. The monoisotopic (exact) mass is 602 g/mol. The van der Waals surface area contributed by atoms with Gasteiger partial charge in [-0.3, -0.25) is 5.32 Å². The lowest BCUT2D eigenvalue weighted by molar-refractivity contribution is -0.0917. The summed E-state index contributed by atoms with van der Waals surface area (Å²) in [6.07, 6.45) is 7.28. The summed E-state index contributed by atoms with van der Waals surface area (Å²) in [6.45, 7) is 23.8. The van der Waals surface area contributed by atoms with Crippen molar-refractivity contribution in [2.75, 3.05) is 0 Å². The van der Waals surface area contributed by atoms with Gasteiger partial charge >= 0.3 is 0 Å². The molecule has 230 valence electrons. The molecule has 2 aliphatic rings. The van der Waals surface area contributed by atoms with Gasteiger partial charge in [-0.05, 0) is 100 Å². The van der Waals surface area contributed by atoms with E-state index < -0.39 is 14.5 Å². The van der Waals surface area contributed by atoms with Crippen molar-refractivity contribution < 1.29 is 19.4 Å². The van der Waals surface area contributed by atoms with Crippen LogP contribution in [0, 0.1) is 11.8 Å². The predicted molar refractivity (Wildman–Crippen MR) is 176 cm³/mol. The number of allylic oxidation sites excluding steroid dienone is 3. The molecule has 0 spiro atoms. The molecule has 1 fully saturated rings. The SMILES string of the molecule is C=C(C)[C@@H]1CCC(C)=C[C@H]1c1c(O)cc(CCCCC)cc1OC(=S)N[C@H]1NC(O)[C@@H]1[C@@H](C)O[Si](C)(C)C(C)(C)C. The van der Waals surface area contributed by atoms with Gasteiger partial charge in [0.2, 0.25) is 0 Å². The van der Waals surface area contributed by atoms with Crippen LogP contribution in [0.25, 0.3) is 0 Å². The molecule has 1 aliphatic heterocycles. The first-order chi connectivity index (χ1) is 19.1. The number of aryl methyl sites for hydroxylation is 1. The van der Waals surface area contributed by atoms with E-state index in [0.717, 1.165) is 55.2 Å². The van der Waals surface area contributed by atoms with Crippen molar-refractivity contribution in [1.29, 1.82) is 0 Å². The first-order valence-corrected chi connectivity index (χ1v) is 18.7. The molecule has 4 N–H and O–H groups in total. The molecule has 6 nitrogen and oxygen atoms in total. The number of thiocarbonyl (C=S) groups is 1. The highest BCUT2D eigenvalue weighted by atomic mass is 32.1. The number of unbranched alkanes of at least 4 members (excludes halogenated alkanes) is 2. The quantitative estimate of drug-likeness (QED) is 0.0895. The molecule has 8 heteroatoms. The lowest BCUT2D eigenvalue weighted by atomic mass is 9.73. The summed E-state index contributed by atoms with van der Waals surface area (Å²) in [6, 6.07) is 3.93. The summed E-state index contributed by atoms with van der Waals surface area (Å²) < 4.78 is 13.0. The smallest absolute Gasteiger partial charge is 0.263 e. The van der Waals surface area contributed by atoms with E-state index in [1.807, 2.05) is 19.1 Å². The zero-order chi connectivity index (χ0) is 30.7. The van der Waals surface area contributed by atoms with Crippen LogP contribution >= 0.6 is 12.2 Å². The Morgan fingerprint density at radius 2 is 1.95 bits per heavy atom.